The highest BCUT2D eigenvalue weighted by Crippen LogP contribution is 2.44. The van der Waals surface area contributed by atoms with E-state index in [9.17, 15) is 26.7 Å². The molecule has 0 bridgehead atoms. The van der Waals surface area contributed by atoms with Gasteiger partial charge in [-0.1, -0.05) is 12.1 Å². The zero-order valence-corrected chi connectivity index (χ0v) is 14.4. The Hall–Kier alpha value is -1.91. The summed E-state index contributed by atoms with van der Waals surface area (Å²) in [6.45, 7) is 0. The van der Waals surface area contributed by atoms with Crippen LogP contribution in [0.3, 0.4) is 0 Å². The van der Waals surface area contributed by atoms with Gasteiger partial charge in [-0.25, -0.2) is 13.4 Å². The third-order valence-electron chi connectivity index (χ3n) is 3.82. The van der Waals surface area contributed by atoms with Crippen LogP contribution in [0.25, 0.3) is 0 Å². The van der Waals surface area contributed by atoms with Gasteiger partial charge in [-0.15, -0.1) is 0 Å². The van der Waals surface area contributed by atoms with Gasteiger partial charge in [0.2, 0.25) is 0 Å². The van der Waals surface area contributed by atoms with E-state index in [1.807, 2.05) is 0 Å². The van der Waals surface area contributed by atoms with Gasteiger partial charge in [0.25, 0.3) is 5.72 Å². The Morgan fingerprint density at radius 3 is 2.36 bits per heavy atom. The quantitative estimate of drug-likeness (QED) is 0.844. The smallest absolute Gasteiger partial charge is 0.360 e. The van der Waals surface area contributed by atoms with Crippen LogP contribution in [0.15, 0.2) is 51.0 Å². The Bertz CT molecular complexity index is 906. The molecule has 0 saturated carbocycles. The van der Waals surface area contributed by atoms with Crippen molar-refractivity contribution in [2.75, 3.05) is 6.26 Å². The van der Waals surface area contributed by atoms with E-state index in [2.05, 4.69) is 10.3 Å². The molecule has 3 rings (SSSR count). The van der Waals surface area contributed by atoms with Crippen molar-refractivity contribution in [3.63, 3.8) is 0 Å². The van der Waals surface area contributed by atoms with Crippen molar-refractivity contribution in [3.8, 4) is 0 Å². The summed E-state index contributed by atoms with van der Waals surface area (Å²) in [7, 11) is -3.48. The average molecular weight is 390 g/mol. The molecule has 2 unspecified atom stereocenters. The number of amidine groups is 1. The molecule has 1 aliphatic rings. The van der Waals surface area contributed by atoms with E-state index in [0.29, 0.717) is 5.56 Å². The molecule has 2 aromatic rings. The summed E-state index contributed by atoms with van der Waals surface area (Å²) >= 11 is 1.29. The fourth-order valence-electron chi connectivity index (χ4n) is 2.50. The monoisotopic (exact) mass is 390 g/mol. The van der Waals surface area contributed by atoms with Gasteiger partial charge >= 0.3 is 6.18 Å². The van der Waals surface area contributed by atoms with Crippen LogP contribution >= 0.6 is 11.3 Å². The molecule has 25 heavy (non-hydrogen) atoms. The van der Waals surface area contributed by atoms with Crippen molar-refractivity contribution in [3.05, 3.63) is 52.2 Å². The molecule has 0 saturated heterocycles. The zero-order chi connectivity index (χ0) is 18.5. The summed E-state index contributed by atoms with van der Waals surface area (Å²) < 4.78 is 63.4. The van der Waals surface area contributed by atoms with Crippen LogP contribution in [0.4, 0.5) is 13.2 Å². The second-order valence-corrected chi connectivity index (χ2v) is 8.41. The number of benzene rings is 1. The van der Waals surface area contributed by atoms with Crippen LogP contribution in [0.2, 0.25) is 0 Å². The molecule has 2 N–H and O–H groups in total. The molecule has 134 valence electrons. The van der Waals surface area contributed by atoms with Crippen LogP contribution in [0.5, 0.6) is 0 Å². The lowest BCUT2D eigenvalue weighted by molar-refractivity contribution is -0.263. The molecule has 2 heterocycles. The molecule has 0 amide bonds. The maximum absolute atomic E-state index is 13.5. The summed E-state index contributed by atoms with van der Waals surface area (Å²) in [4.78, 5) is 3.46. The van der Waals surface area contributed by atoms with E-state index >= 15 is 0 Å². The molecule has 1 aliphatic heterocycles. The second kappa shape index (κ2) is 5.82. The molecule has 10 heteroatoms. The summed E-state index contributed by atoms with van der Waals surface area (Å²) in [6.07, 6.45) is -4.02. The molecule has 1 aromatic carbocycles. The molecule has 0 radical (unpaired) electrons. The van der Waals surface area contributed by atoms with E-state index in [4.69, 9.17) is 0 Å². The molecule has 1 aromatic heterocycles. The normalized spacial score (nSPS) is 24.0. The molecule has 5 nitrogen and oxygen atoms in total. The highest BCUT2D eigenvalue weighted by Gasteiger charge is 2.62. The Morgan fingerprint density at radius 2 is 1.88 bits per heavy atom. The maximum atomic E-state index is 13.5. The lowest BCUT2D eigenvalue weighted by Gasteiger charge is -2.29. The molecule has 2 atom stereocenters. The third-order valence-corrected chi connectivity index (χ3v) is 5.63. The van der Waals surface area contributed by atoms with E-state index < -0.39 is 27.8 Å². The first-order valence-corrected chi connectivity index (χ1v) is 9.84. The first-order valence-electron chi connectivity index (χ1n) is 7.00. The van der Waals surface area contributed by atoms with E-state index in [-0.39, 0.29) is 16.3 Å². The van der Waals surface area contributed by atoms with Gasteiger partial charge in [0.05, 0.1) is 4.90 Å². The molecular formula is C15H13F3N2O3S2. The van der Waals surface area contributed by atoms with Gasteiger partial charge in [-0.3, -0.25) is 0 Å². The highest BCUT2D eigenvalue weighted by atomic mass is 32.2. The summed E-state index contributed by atoms with van der Waals surface area (Å²) in [5, 5.41) is 16.1. The number of halogens is 3. The predicted octanol–water partition coefficient (Wildman–Crippen LogP) is 2.49. The van der Waals surface area contributed by atoms with E-state index in [1.165, 1.54) is 35.6 Å². The van der Waals surface area contributed by atoms with Gasteiger partial charge in [0, 0.05) is 17.2 Å². The first kappa shape index (κ1) is 17.9. The number of nitrogens with zero attached hydrogens (tertiary/aromatic N) is 1. The number of hydrogen-bond donors (Lipinski definition) is 2. The molecule has 0 spiro atoms. The molecule has 0 fully saturated rings. The minimum absolute atomic E-state index is 0.0243. The Labute approximate surface area is 145 Å². The van der Waals surface area contributed by atoms with Gasteiger partial charge in [-0.05, 0) is 29.1 Å². The van der Waals surface area contributed by atoms with Crippen molar-refractivity contribution in [2.45, 2.75) is 22.8 Å². The average Bonchev–Trinajstić information content (AvgIpc) is 3.13. The highest BCUT2D eigenvalue weighted by molar-refractivity contribution is 7.90. The van der Waals surface area contributed by atoms with Crippen LogP contribution in [0, 0.1) is 0 Å². The van der Waals surface area contributed by atoms with Gasteiger partial charge in [0.15, 0.2) is 9.84 Å². The second-order valence-electron chi connectivity index (χ2n) is 5.61. The van der Waals surface area contributed by atoms with Crippen LogP contribution in [-0.2, 0) is 9.84 Å². The SMILES string of the molecule is CS(=O)(=O)c1ccc(C2NC(c3ccsc3)=NC2(O)C(F)(F)F)cc1. The van der Waals surface area contributed by atoms with Gasteiger partial charge in [0.1, 0.15) is 11.9 Å². The van der Waals surface area contributed by atoms with Crippen molar-refractivity contribution in [2.24, 2.45) is 4.99 Å². The minimum atomic E-state index is -5.02. The lowest BCUT2D eigenvalue weighted by atomic mass is 9.97. The lowest BCUT2D eigenvalue weighted by Crippen LogP contribution is -2.49. The number of aliphatic hydroxyl groups is 1. The largest absolute Gasteiger partial charge is 0.440 e. The summed E-state index contributed by atoms with van der Waals surface area (Å²) in [5.74, 6) is -0.0711. The van der Waals surface area contributed by atoms with Crippen molar-refractivity contribution >= 4 is 27.0 Å². The van der Waals surface area contributed by atoms with E-state index in [0.717, 1.165) is 6.26 Å². The third kappa shape index (κ3) is 3.16. The maximum Gasteiger partial charge on any atom is 0.440 e. The summed E-state index contributed by atoms with van der Waals surface area (Å²) in [6, 6.07) is 4.86. The number of hydrogen-bond acceptors (Lipinski definition) is 6. The van der Waals surface area contributed by atoms with Crippen LogP contribution in [0.1, 0.15) is 17.2 Å². The van der Waals surface area contributed by atoms with Crippen molar-refractivity contribution in [1.82, 2.24) is 5.32 Å². The number of alkyl halides is 3. The van der Waals surface area contributed by atoms with Crippen LogP contribution < -0.4 is 5.32 Å². The Balaban J connectivity index is 2.03. The number of aliphatic imine (C=N–C) groups is 1. The molecule has 0 aliphatic carbocycles. The topological polar surface area (TPSA) is 78.8 Å². The van der Waals surface area contributed by atoms with Gasteiger partial charge < -0.3 is 10.4 Å². The van der Waals surface area contributed by atoms with Crippen molar-refractivity contribution in [1.29, 1.82) is 0 Å². The predicted molar refractivity (Wildman–Crippen MR) is 87.3 cm³/mol. The zero-order valence-electron chi connectivity index (χ0n) is 12.8. The fraction of sp³-hybridized carbons (Fsp3) is 0.267. The minimum Gasteiger partial charge on any atom is -0.360 e. The van der Waals surface area contributed by atoms with E-state index in [1.54, 1.807) is 16.8 Å². The fourth-order valence-corrected chi connectivity index (χ4v) is 3.77. The summed E-state index contributed by atoms with van der Waals surface area (Å²) in [5.41, 5.74) is -2.85. The van der Waals surface area contributed by atoms with Gasteiger partial charge in [-0.2, -0.15) is 24.5 Å². The Morgan fingerprint density at radius 1 is 1.24 bits per heavy atom. The first-order chi connectivity index (χ1) is 11.5. The standard InChI is InChI=1S/C15H13F3N2O3S2/c1-25(22,23)11-4-2-9(3-5-11)12-14(21,15(16,17)18)20-13(19-12)10-6-7-24-8-10/h2-8,12,21H,1H3,(H,19,20). The number of rotatable bonds is 3. The molecular weight excluding hydrogens is 377 g/mol. The number of thiophene rings is 1. The Kier molecular flexibility index (Phi) is 4.17. The number of nitrogens with one attached hydrogen (secondary N) is 1. The number of sulfone groups is 1. The van der Waals surface area contributed by atoms with Crippen molar-refractivity contribution < 1.29 is 26.7 Å². The van der Waals surface area contributed by atoms with Crippen LogP contribution in [-0.4, -0.2) is 37.5 Å².